The highest BCUT2D eigenvalue weighted by molar-refractivity contribution is 6.46. The minimum absolute atomic E-state index is 0.0526. The Hall–Kier alpha value is -3.67. The highest BCUT2D eigenvalue weighted by Crippen LogP contribution is 2.39. The summed E-state index contributed by atoms with van der Waals surface area (Å²) in [6, 6.07) is 11.1. The number of halogens is 1. The molecule has 1 saturated heterocycles. The number of benzene rings is 2. The molecule has 0 bridgehead atoms. The zero-order valence-corrected chi connectivity index (χ0v) is 15.7. The molecule has 1 fully saturated rings. The van der Waals surface area contributed by atoms with Gasteiger partial charge in [-0.1, -0.05) is 30.9 Å². The average Bonchev–Trinajstić information content (AvgIpc) is 2.98. The van der Waals surface area contributed by atoms with Crippen molar-refractivity contribution in [3.05, 3.63) is 96.4 Å². The molecule has 2 aromatic rings. The highest BCUT2D eigenvalue weighted by Gasteiger charge is 2.45. The first-order valence-corrected chi connectivity index (χ1v) is 8.96. The van der Waals surface area contributed by atoms with Crippen molar-refractivity contribution in [1.29, 1.82) is 0 Å². The molecule has 1 aliphatic heterocycles. The summed E-state index contributed by atoms with van der Waals surface area (Å²) in [7, 11) is 0. The summed E-state index contributed by atoms with van der Waals surface area (Å²) in [5, 5.41) is 10.9. The van der Waals surface area contributed by atoms with Gasteiger partial charge in [0, 0.05) is 12.1 Å². The molecule has 1 atom stereocenters. The van der Waals surface area contributed by atoms with E-state index in [4.69, 9.17) is 4.74 Å². The number of Topliss-reactive ketones (excluding diaryl/α,β-unsaturated/α-hetero) is 1. The van der Waals surface area contributed by atoms with Crippen LogP contribution in [0.2, 0.25) is 0 Å². The Labute approximate surface area is 168 Å². The number of rotatable bonds is 7. The van der Waals surface area contributed by atoms with Gasteiger partial charge in [-0.2, -0.15) is 0 Å². The molecule has 1 aliphatic rings. The maximum atomic E-state index is 13.4. The van der Waals surface area contributed by atoms with Crippen molar-refractivity contribution < 1.29 is 23.8 Å². The molecule has 0 aromatic heterocycles. The number of hydrogen-bond acceptors (Lipinski definition) is 4. The molecule has 3 rings (SSSR count). The van der Waals surface area contributed by atoms with E-state index < -0.39 is 23.5 Å². The molecule has 29 heavy (non-hydrogen) atoms. The number of aliphatic hydroxyl groups excluding tert-OH is 1. The third kappa shape index (κ3) is 3.96. The van der Waals surface area contributed by atoms with Gasteiger partial charge in [0.2, 0.25) is 0 Å². The van der Waals surface area contributed by atoms with Crippen molar-refractivity contribution in [2.45, 2.75) is 6.04 Å². The van der Waals surface area contributed by atoms with Crippen LogP contribution in [0.1, 0.15) is 17.2 Å². The first-order chi connectivity index (χ1) is 14.0. The molecule has 0 aliphatic carbocycles. The smallest absolute Gasteiger partial charge is 0.295 e. The van der Waals surface area contributed by atoms with Crippen LogP contribution in [0, 0.1) is 5.82 Å². The Balaban J connectivity index is 2.08. The van der Waals surface area contributed by atoms with Crippen molar-refractivity contribution in [3.63, 3.8) is 0 Å². The number of carbonyl (C=O) groups is 2. The van der Waals surface area contributed by atoms with Crippen LogP contribution in [0.15, 0.2) is 79.4 Å². The van der Waals surface area contributed by atoms with Gasteiger partial charge in [0.15, 0.2) is 0 Å². The number of carbonyl (C=O) groups excluding carboxylic acids is 2. The van der Waals surface area contributed by atoms with Gasteiger partial charge in [-0.25, -0.2) is 4.39 Å². The fourth-order valence-corrected chi connectivity index (χ4v) is 3.22. The Bertz CT molecular complexity index is 977. The molecule has 6 heteroatoms. The van der Waals surface area contributed by atoms with E-state index in [9.17, 15) is 19.1 Å². The molecule has 1 amide bonds. The monoisotopic (exact) mass is 393 g/mol. The van der Waals surface area contributed by atoms with E-state index in [1.54, 1.807) is 30.3 Å². The summed E-state index contributed by atoms with van der Waals surface area (Å²) in [5.41, 5.74) is 0.822. The van der Waals surface area contributed by atoms with Crippen molar-refractivity contribution in [2.24, 2.45) is 0 Å². The molecule has 0 radical (unpaired) electrons. The quantitative estimate of drug-likeness (QED) is 0.334. The van der Waals surface area contributed by atoms with Gasteiger partial charge >= 0.3 is 0 Å². The Kier molecular flexibility index (Phi) is 5.93. The largest absolute Gasteiger partial charge is 0.507 e. The number of amides is 1. The minimum Gasteiger partial charge on any atom is -0.507 e. The zero-order chi connectivity index (χ0) is 21.0. The Morgan fingerprint density at radius 2 is 1.72 bits per heavy atom. The van der Waals surface area contributed by atoms with E-state index in [2.05, 4.69) is 13.2 Å². The lowest BCUT2D eigenvalue weighted by Gasteiger charge is -2.24. The second-order valence-corrected chi connectivity index (χ2v) is 6.42. The van der Waals surface area contributed by atoms with Gasteiger partial charge in [0.05, 0.1) is 11.6 Å². The fraction of sp³-hybridized carbons (Fsp3) is 0.130. The van der Waals surface area contributed by atoms with Gasteiger partial charge in [0.1, 0.15) is 23.9 Å². The van der Waals surface area contributed by atoms with Crippen LogP contribution in [0.5, 0.6) is 5.75 Å². The van der Waals surface area contributed by atoms with E-state index in [0.29, 0.717) is 23.5 Å². The molecule has 5 nitrogen and oxygen atoms in total. The Morgan fingerprint density at radius 3 is 2.31 bits per heavy atom. The first kappa shape index (κ1) is 20.1. The van der Waals surface area contributed by atoms with E-state index in [-0.39, 0.29) is 17.9 Å². The normalized spacial score (nSPS) is 18.0. The molecular formula is C23H20FNO4. The second kappa shape index (κ2) is 8.56. The van der Waals surface area contributed by atoms with Gasteiger partial charge in [0.25, 0.3) is 11.7 Å². The molecule has 0 spiro atoms. The van der Waals surface area contributed by atoms with Crippen molar-refractivity contribution >= 4 is 17.4 Å². The van der Waals surface area contributed by atoms with Gasteiger partial charge in [-0.15, -0.1) is 6.58 Å². The molecule has 2 aromatic carbocycles. The minimum atomic E-state index is -0.842. The first-order valence-electron chi connectivity index (χ1n) is 8.96. The van der Waals surface area contributed by atoms with Crippen LogP contribution in [0.4, 0.5) is 4.39 Å². The van der Waals surface area contributed by atoms with E-state index in [0.717, 1.165) is 0 Å². The van der Waals surface area contributed by atoms with Crippen molar-refractivity contribution in [2.75, 3.05) is 13.2 Å². The maximum absolute atomic E-state index is 13.4. The Morgan fingerprint density at radius 1 is 1.07 bits per heavy atom. The van der Waals surface area contributed by atoms with Gasteiger partial charge in [-0.05, 0) is 42.0 Å². The zero-order valence-electron chi connectivity index (χ0n) is 15.7. The lowest BCUT2D eigenvalue weighted by Crippen LogP contribution is -2.29. The van der Waals surface area contributed by atoms with Gasteiger partial charge in [-0.3, -0.25) is 9.59 Å². The fourth-order valence-electron chi connectivity index (χ4n) is 3.22. The summed E-state index contributed by atoms with van der Waals surface area (Å²) < 4.78 is 18.8. The van der Waals surface area contributed by atoms with Crippen LogP contribution in [0.25, 0.3) is 5.76 Å². The van der Waals surface area contributed by atoms with E-state index in [1.165, 1.54) is 35.2 Å². The number of nitrogens with zero attached hydrogens (tertiary/aromatic N) is 1. The molecule has 1 unspecified atom stereocenters. The standard InChI is InChI=1S/C23H20FNO4/c1-3-13-25-20(15-5-9-17(24)10-6-15)19(22(27)23(25)28)21(26)16-7-11-18(12-8-16)29-14-4-2/h3-12,20,26H,1-2,13-14H2/b21-19-. The van der Waals surface area contributed by atoms with Crippen LogP contribution >= 0.6 is 0 Å². The number of likely N-dealkylation sites (tertiary alicyclic amines) is 1. The van der Waals surface area contributed by atoms with Crippen LogP contribution in [-0.2, 0) is 9.59 Å². The van der Waals surface area contributed by atoms with Crippen molar-refractivity contribution in [3.8, 4) is 5.75 Å². The third-order valence-corrected chi connectivity index (χ3v) is 4.55. The van der Waals surface area contributed by atoms with E-state index >= 15 is 0 Å². The van der Waals surface area contributed by atoms with Crippen molar-refractivity contribution in [1.82, 2.24) is 4.90 Å². The SMILES string of the molecule is C=CCOc1ccc(/C(O)=C2/C(=O)C(=O)N(CC=C)C2c2ccc(F)cc2)cc1. The summed E-state index contributed by atoms with van der Waals surface area (Å²) >= 11 is 0. The van der Waals surface area contributed by atoms with Gasteiger partial charge < -0.3 is 14.7 Å². The highest BCUT2D eigenvalue weighted by atomic mass is 19.1. The summed E-state index contributed by atoms with van der Waals surface area (Å²) in [5.74, 6) is -1.72. The number of ether oxygens (including phenoxy) is 1. The lowest BCUT2D eigenvalue weighted by molar-refractivity contribution is -0.139. The number of hydrogen-bond donors (Lipinski definition) is 1. The van der Waals surface area contributed by atoms with Crippen LogP contribution < -0.4 is 4.74 Å². The predicted octanol–water partition coefficient (Wildman–Crippen LogP) is 4.00. The predicted molar refractivity (Wildman–Crippen MR) is 108 cm³/mol. The second-order valence-electron chi connectivity index (χ2n) is 6.42. The number of aliphatic hydroxyl groups is 1. The molecular weight excluding hydrogens is 373 g/mol. The van der Waals surface area contributed by atoms with Crippen LogP contribution in [0.3, 0.4) is 0 Å². The molecule has 0 saturated carbocycles. The maximum Gasteiger partial charge on any atom is 0.295 e. The van der Waals surface area contributed by atoms with Crippen LogP contribution in [-0.4, -0.2) is 34.8 Å². The van der Waals surface area contributed by atoms with E-state index in [1.807, 2.05) is 0 Å². The lowest BCUT2D eigenvalue weighted by atomic mass is 9.95. The molecule has 1 N–H and O–H groups in total. The molecule has 148 valence electrons. The topological polar surface area (TPSA) is 66.8 Å². The number of ketones is 1. The summed E-state index contributed by atoms with van der Waals surface area (Å²) in [6.45, 7) is 7.65. The average molecular weight is 393 g/mol. The summed E-state index contributed by atoms with van der Waals surface area (Å²) in [6.07, 6.45) is 3.10. The summed E-state index contributed by atoms with van der Waals surface area (Å²) in [4.78, 5) is 26.6. The molecule has 1 heterocycles. The third-order valence-electron chi connectivity index (χ3n) is 4.55.